The minimum Gasteiger partial charge on any atom is -0.367 e. The highest BCUT2D eigenvalue weighted by atomic mass is 19.4. The maximum Gasteiger partial charge on any atom is 0.435 e. The van der Waals surface area contributed by atoms with Gasteiger partial charge in [-0.2, -0.15) is 13.2 Å². The molecule has 0 amide bonds. The van der Waals surface area contributed by atoms with Crippen molar-refractivity contribution in [1.29, 1.82) is 0 Å². The van der Waals surface area contributed by atoms with Crippen LogP contribution in [-0.4, -0.2) is 41.8 Å². The third kappa shape index (κ3) is 4.18. The lowest BCUT2D eigenvalue weighted by Crippen LogP contribution is -2.31. The average molecular weight is 248 g/mol. The molecular weight excluding hydrogens is 233 g/mol. The predicted octanol–water partition coefficient (Wildman–Crippen LogP) is 1.86. The van der Waals surface area contributed by atoms with Crippen molar-refractivity contribution in [2.24, 2.45) is 0 Å². The van der Waals surface area contributed by atoms with Gasteiger partial charge in [0.05, 0.1) is 0 Å². The molecule has 0 radical (unpaired) electrons. The molecule has 96 valence electrons. The maximum atomic E-state index is 12.2. The number of rotatable bonds is 4. The molecule has 0 saturated heterocycles. The Morgan fingerprint density at radius 2 is 1.94 bits per heavy atom. The van der Waals surface area contributed by atoms with Crippen LogP contribution in [0.1, 0.15) is 12.6 Å². The molecular formula is C10H15F3N4. The van der Waals surface area contributed by atoms with E-state index >= 15 is 0 Å². The highest BCUT2D eigenvalue weighted by molar-refractivity contribution is 5.33. The monoisotopic (exact) mass is 248 g/mol. The van der Waals surface area contributed by atoms with Crippen molar-refractivity contribution < 1.29 is 13.2 Å². The molecule has 1 rings (SSSR count). The summed E-state index contributed by atoms with van der Waals surface area (Å²) >= 11 is 0. The molecule has 1 atom stereocenters. The van der Waals surface area contributed by atoms with Crippen molar-refractivity contribution in [1.82, 2.24) is 15.1 Å². The van der Waals surface area contributed by atoms with Gasteiger partial charge >= 0.3 is 6.18 Å². The zero-order chi connectivity index (χ0) is 13.1. The molecule has 0 spiro atoms. The maximum absolute atomic E-state index is 12.2. The van der Waals surface area contributed by atoms with Gasteiger partial charge in [-0.1, -0.05) is 0 Å². The summed E-state index contributed by atoms with van der Waals surface area (Å²) in [5.41, 5.74) is -0.983. The van der Waals surface area contributed by atoms with Crippen LogP contribution in [0, 0.1) is 0 Å². The van der Waals surface area contributed by atoms with Gasteiger partial charge in [0.1, 0.15) is 5.82 Å². The van der Waals surface area contributed by atoms with E-state index in [-0.39, 0.29) is 6.04 Å². The van der Waals surface area contributed by atoms with Crippen molar-refractivity contribution in [3.8, 4) is 0 Å². The summed E-state index contributed by atoms with van der Waals surface area (Å²) in [5.74, 6) is 0.340. The van der Waals surface area contributed by atoms with E-state index in [1.54, 1.807) is 0 Å². The van der Waals surface area contributed by atoms with Crippen LogP contribution in [0.3, 0.4) is 0 Å². The number of halogens is 3. The Kier molecular flexibility index (Phi) is 4.28. The summed E-state index contributed by atoms with van der Waals surface area (Å²) in [6.07, 6.45) is -4.44. The molecule has 1 unspecified atom stereocenters. The Bertz CT molecular complexity index is 348. The van der Waals surface area contributed by atoms with E-state index in [0.717, 1.165) is 6.07 Å². The first-order valence-corrected chi connectivity index (χ1v) is 5.12. The molecule has 0 saturated carbocycles. The van der Waals surface area contributed by atoms with Gasteiger partial charge in [0.25, 0.3) is 0 Å². The Morgan fingerprint density at radius 1 is 1.29 bits per heavy atom. The molecule has 0 fully saturated rings. The predicted molar refractivity (Wildman–Crippen MR) is 58.7 cm³/mol. The third-order valence-electron chi connectivity index (χ3n) is 2.42. The van der Waals surface area contributed by atoms with E-state index in [4.69, 9.17) is 0 Å². The molecule has 1 aromatic heterocycles. The second kappa shape index (κ2) is 5.31. The lowest BCUT2D eigenvalue weighted by atomic mass is 10.3. The number of aromatic nitrogens is 2. The molecule has 4 nitrogen and oxygen atoms in total. The minimum absolute atomic E-state index is 0.249. The van der Waals surface area contributed by atoms with Crippen molar-refractivity contribution in [3.63, 3.8) is 0 Å². The van der Waals surface area contributed by atoms with Gasteiger partial charge < -0.3 is 10.2 Å². The molecule has 1 heterocycles. The SMILES string of the molecule is CC(CNc1ccc(C(F)(F)F)nn1)N(C)C. The topological polar surface area (TPSA) is 41.1 Å². The van der Waals surface area contributed by atoms with E-state index in [0.29, 0.717) is 12.4 Å². The molecule has 0 aromatic carbocycles. The van der Waals surface area contributed by atoms with Crippen LogP contribution in [0.5, 0.6) is 0 Å². The Labute approximate surface area is 97.8 Å². The Morgan fingerprint density at radius 3 is 2.35 bits per heavy atom. The van der Waals surface area contributed by atoms with Crippen LogP contribution >= 0.6 is 0 Å². The minimum atomic E-state index is -4.44. The van der Waals surface area contributed by atoms with Gasteiger partial charge in [-0.15, -0.1) is 10.2 Å². The van der Waals surface area contributed by atoms with Crippen LogP contribution in [0.2, 0.25) is 0 Å². The fourth-order valence-corrected chi connectivity index (χ4v) is 1.01. The Balaban J connectivity index is 2.57. The number of anilines is 1. The highest BCUT2D eigenvalue weighted by Gasteiger charge is 2.32. The second-order valence-corrected chi connectivity index (χ2v) is 4.00. The lowest BCUT2D eigenvalue weighted by Gasteiger charge is -2.20. The number of hydrogen-bond donors (Lipinski definition) is 1. The normalized spacial score (nSPS) is 13.8. The van der Waals surface area contributed by atoms with Gasteiger partial charge in [0.15, 0.2) is 5.69 Å². The Hall–Kier alpha value is -1.37. The summed E-state index contributed by atoms with van der Waals surface area (Å²) in [6.45, 7) is 2.58. The standard InChI is InChI=1S/C10H15F3N4/c1-7(17(2)3)6-14-9-5-4-8(15-16-9)10(11,12)13/h4-5,7H,6H2,1-3H3,(H,14,16). The number of alkyl halides is 3. The molecule has 0 aliphatic carbocycles. The van der Waals surface area contributed by atoms with Crippen LogP contribution in [0.15, 0.2) is 12.1 Å². The summed E-state index contributed by atoms with van der Waals surface area (Å²) in [7, 11) is 3.84. The van der Waals surface area contributed by atoms with Crippen molar-refractivity contribution in [2.45, 2.75) is 19.1 Å². The van der Waals surface area contributed by atoms with Crippen LogP contribution in [0.4, 0.5) is 19.0 Å². The van der Waals surface area contributed by atoms with Crippen molar-refractivity contribution in [3.05, 3.63) is 17.8 Å². The first-order chi connectivity index (χ1) is 7.80. The number of nitrogens with zero attached hydrogens (tertiary/aromatic N) is 3. The average Bonchev–Trinajstić information content (AvgIpc) is 2.25. The molecule has 1 aromatic rings. The first kappa shape index (κ1) is 13.7. The number of hydrogen-bond acceptors (Lipinski definition) is 4. The van der Waals surface area contributed by atoms with E-state index in [9.17, 15) is 13.2 Å². The van der Waals surface area contributed by atoms with Crippen molar-refractivity contribution in [2.75, 3.05) is 26.0 Å². The summed E-state index contributed by atoms with van der Waals surface area (Å²) in [4.78, 5) is 1.99. The zero-order valence-electron chi connectivity index (χ0n) is 9.91. The van der Waals surface area contributed by atoms with E-state index in [2.05, 4.69) is 15.5 Å². The van der Waals surface area contributed by atoms with Gasteiger partial charge in [0.2, 0.25) is 0 Å². The first-order valence-electron chi connectivity index (χ1n) is 5.12. The molecule has 7 heteroatoms. The number of nitrogens with one attached hydrogen (secondary N) is 1. The molecule has 1 N–H and O–H groups in total. The lowest BCUT2D eigenvalue weighted by molar-refractivity contribution is -0.141. The summed E-state index contributed by atoms with van der Waals surface area (Å²) in [6, 6.07) is 2.44. The fraction of sp³-hybridized carbons (Fsp3) is 0.600. The van der Waals surface area contributed by atoms with Crippen LogP contribution in [0.25, 0.3) is 0 Å². The van der Waals surface area contributed by atoms with Crippen LogP contribution < -0.4 is 5.32 Å². The van der Waals surface area contributed by atoms with E-state index < -0.39 is 11.9 Å². The molecule has 17 heavy (non-hydrogen) atoms. The summed E-state index contributed by atoms with van der Waals surface area (Å²) < 4.78 is 36.6. The van der Waals surface area contributed by atoms with Crippen LogP contribution in [-0.2, 0) is 6.18 Å². The smallest absolute Gasteiger partial charge is 0.367 e. The molecule has 0 aliphatic rings. The van der Waals surface area contributed by atoms with Gasteiger partial charge in [0, 0.05) is 12.6 Å². The second-order valence-electron chi connectivity index (χ2n) is 4.00. The fourth-order valence-electron chi connectivity index (χ4n) is 1.01. The van der Waals surface area contributed by atoms with E-state index in [1.165, 1.54) is 6.07 Å². The zero-order valence-corrected chi connectivity index (χ0v) is 9.91. The highest BCUT2D eigenvalue weighted by Crippen LogP contribution is 2.26. The summed E-state index contributed by atoms with van der Waals surface area (Å²) in [5, 5.41) is 9.52. The number of likely N-dealkylation sites (N-methyl/N-ethyl adjacent to an activating group) is 1. The largest absolute Gasteiger partial charge is 0.435 e. The molecule has 0 bridgehead atoms. The third-order valence-corrected chi connectivity index (χ3v) is 2.42. The van der Waals surface area contributed by atoms with Gasteiger partial charge in [-0.05, 0) is 33.2 Å². The molecule has 0 aliphatic heterocycles. The quantitative estimate of drug-likeness (QED) is 0.883. The van der Waals surface area contributed by atoms with E-state index in [1.807, 2.05) is 25.9 Å². The van der Waals surface area contributed by atoms with Crippen molar-refractivity contribution >= 4 is 5.82 Å². The van der Waals surface area contributed by atoms with Gasteiger partial charge in [-0.3, -0.25) is 0 Å². The van der Waals surface area contributed by atoms with Gasteiger partial charge in [-0.25, -0.2) is 0 Å².